The van der Waals surface area contributed by atoms with Crippen molar-refractivity contribution < 1.29 is 58.1 Å². The monoisotopic (exact) mass is 1850 g/mol. The van der Waals surface area contributed by atoms with Gasteiger partial charge in [-0.25, -0.2) is 33.7 Å². The van der Waals surface area contributed by atoms with Crippen molar-refractivity contribution in [2.75, 3.05) is 108 Å². The maximum Gasteiger partial charge on any atom is 0.348 e. The first-order valence-corrected chi connectivity index (χ1v) is 46.6. The summed E-state index contributed by atoms with van der Waals surface area (Å²) in [4.78, 5) is 59.3. The molecule has 2 aromatic heterocycles. The van der Waals surface area contributed by atoms with Gasteiger partial charge in [-0.3, -0.25) is 4.79 Å². The summed E-state index contributed by atoms with van der Waals surface area (Å²) in [5.41, 5.74) is 24.3. The Labute approximate surface area is 802 Å². The van der Waals surface area contributed by atoms with Crippen molar-refractivity contribution in [3.05, 3.63) is 306 Å². The number of aromatic amines is 2. The summed E-state index contributed by atoms with van der Waals surface area (Å²) in [5.74, 6) is 5.53. The third kappa shape index (κ3) is 27.7. The summed E-state index contributed by atoms with van der Waals surface area (Å²) in [6.07, 6.45) is 4.39. The Hall–Kier alpha value is -14.4. The number of benzene rings is 11. The van der Waals surface area contributed by atoms with E-state index in [4.69, 9.17) is 38.9 Å². The van der Waals surface area contributed by atoms with Gasteiger partial charge in [0.2, 0.25) is 0 Å². The number of aromatic hydroxyl groups is 2. The van der Waals surface area contributed by atoms with Gasteiger partial charge in [-0.1, -0.05) is 180 Å². The van der Waals surface area contributed by atoms with E-state index in [1.807, 2.05) is 212 Å². The number of aryl methyl sites for hydroxylation is 3. The number of carbonyl (C=O) groups excluding carboxylic acids is 1. The van der Waals surface area contributed by atoms with Crippen LogP contribution in [0.1, 0.15) is 214 Å². The molecule has 0 spiro atoms. The minimum absolute atomic E-state index is 0.00334. The van der Waals surface area contributed by atoms with Crippen LogP contribution < -0.4 is 69.9 Å². The fraction of sp³-hybridized carbons (Fsp3) is 0.351. The second-order valence-electron chi connectivity index (χ2n) is 35.1. The Morgan fingerprint density at radius 3 is 1.11 bits per heavy atom. The Bertz CT molecular complexity index is 6200. The van der Waals surface area contributed by atoms with E-state index >= 15 is 0 Å². The van der Waals surface area contributed by atoms with E-state index in [0.717, 1.165) is 148 Å². The number of methoxy groups -OCH3 is 4. The zero-order valence-electron chi connectivity index (χ0n) is 83.5. The van der Waals surface area contributed by atoms with Crippen molar-refractivity contribution in [1.29, 1.82) is 0 Å². The molecule has 0 saturated heterocycles. The predicted molar refractivity (Wildman–Crippen MR) is 551 cm³/mol. The van der Waals surface area contributed by atoms with Crippen LogP contribution in [0.15, 0.2) is 222 Å². The number of ketones is 1. The van der Waals surface area contributed by atoms with Crippen LogP contribution in [0.5, 0.6) is 51.7 Å². The molecule has 13 rings (SSSR count). The number of nitrogens with two attached hydrogens (primary N) is 1. The first-order valence-electron chi connectivity index (χ1n) is 46.6. The zero-order chi connectivity index (χ0) is 99.1. The number of phenols is 2. The molecule has 11 aromatic carbocycles. The summed E-state index contributed by atoms with van der Waals surface area (Å²) < 4.78 is 43.2. The molecule has 0 amide bonds. The van der Waals surface area contributed by atoms with Gasteiger partial charge in [0.1, 0.15) is 77.1 Å². The molecule has 0 aliphatic carbocycles. The number of aromatic carboxylic acids is 1. The lowest BCUT2D eigenvalue weighted by Gasteiger charge is -2.22. The van der Waals surface area contributed by atoms with Crippen LogP contribution in [0.3, 0.4) is 0 Å². The number of carboxylic acid groups (broad SMARTS) is 1. The summed E-state index contributed by atoms with van der Waals surface area (Å²) in [6.45, 7) is 36.1. The number of anilines is 5. The number of hydrogen-bond donors (Lipinski definition) is 6. The summed E-state index contributed by atoms with van der Waals surface area (Å²) >= 11 is 0. The average molecular weight is 1850 g/mol. The number of nitrogens with zero attached hydrogens (tertiary/aromatic N) is 8. The lowest BCUT2D eigenvalue weighted by Crippen LogP contribution is -2.20. The maximum atomic E-state index is 13.6. The van der Waals surface area contributed by atoms with Crippen LogP contribution in [0.25, 0.3) is 34.2 Å². The number of ether oxygens (including phenoxy) is 7. The van der Waals surface area contributed by atoms with Crippen molar-refractivity contribution in [3.63, 3.8) is 0 Å². The van der Waals surface area contributed by atoms with E-state index in [2.05, 4.69) is 142 Å². The highest BCUT2D eigenvalue weighted by Gasteiger charge is 2.27. The van der Waals surface area contributed by atoms with Gasteiger partial charge in [0, 0.05) is 72.5 Å². The number of nitrogens with one attached hydrogen (secondary N) is 2. The Morgan fingerprint density at radius 2 is 0.721 bits per heavy atom. The molecule has 0 unspecified atom stereocenters. The number of aromatic nitrogens is 6. The second kappa shape index (κ2) is 50.7. The van der Waals surface area contributed by atoms with Crippen molar-refractivity contribution in [2.24, 2.45) is 0 Å². The van der Waals surface area contributed by atoms with Crippen LogP contribution in [0, 0.1) is 20.8 Å². The second-order valence-corrected chi connectivity index (χ2v) is 35.1. The van der Waals surface area contributed by atoms with Gasteiger partial charge >= 0.3 is 17.3 Å². The molecule has 722 valence electrons. The number of hydrogen-bond acceptors (Lipinski definition) is 20. The highest BCUT2D eigenvalue weighted by Crippen LogP contribution is 2.42. The number of H-pyrrole nitrogens is 2. The van der Waals surface area contributed by atoms with Gasteiger partial charge in [-0.2, -0.15) is 10.2 Å². The predicted octanol–water partition coefficient (Wildman–Crippen LogP) is 23.2. The first kappa shape index (κ1) is 105. The molecule has 0 aliphatic rings. The SMILES string of the molecule is CCCN(C)c1cc(-n2c(-c3cc(C(C)C)c(C)cc3OCc3ccccc3)n[nH]c2=O)ccc1OC.CCCN(C)c1cc(-n2c(-c3cc(C(C)C)c(O)cc3O)n[nH]c2=O)ccc1OC.CCCN(C)c1cc(CC(=O)c2cc(C(C)C)c(C)cc2OCc2ccccc2)ccc1OC.CCCN(C)c1cc(N)ccc1OC.Cc1cc(OCc2ccccc2)c(C(=O)O)cc1C(C)C. The van der Waals surface area contributed by atoms with E-state index in [-0.39, 0.29) is 46.2 Å². The van der Waals surface area contributed by atoms with E-state index in [0.29, 0.717) is 95.0 Å². The Morgan fingerprint density at radius 1 is 0.382 bits per heavy atom. The summed E-state index contributed by atoms with van der Waals surface area (Å²) in [7, 11) is 14.7. The summed E-state index contributed by atoms with van der Waals surface area (Å²) in [6, 6.07) is 67.3. The molecule has 0 radical (unpaired) electrons. The minimum atomic E-state index is -0.958. The number of Topliss-reactive ketones (excluding diaryl/α,β-unsaturated/α-hetero) is 1. The standard InChI is InChI=1S/C30H36N4O3.C30H37NO3.C22H28N4O4.C18H20O3.C11H18N2O/c1-7-15-33(5)26-17-23(13-14-27(26)36-6)34-29(31-32-30(34)35)25-18-24(20(2)3)21(4)16-28(25)37-19-22-11-9-8-10-12-22;1-7-15-31(5)27-17-24(13-14-29(27)33-6)18-28(32)26-19-25(21(2)3)22(4)16-30(26)34-20-23-11-9-8-10-12-23;1-6-9-25(4)17-10-14(7-8-20(17)30-5)26-21(23-24-22(26)29)16-11-15(13(2)3)18(27)12-19(16)28;1-12(2)15-10-16(18(19)20)17(9-13(15)3)21-11-14-7-5-4-6-8-14;1-4-7-13(2)10-8-9(12)5-6-11(10)14-3/h8-14,16-18,20H,7,15,19H2,1-6H3,(H,32,35);8-14,16-17,19,21H,7,15,18,20H2,1-6H3;7-8,10-13,27-28H,6,9H2,1-5H3,(H,24,29);4-10,12H,11H2,1-3H3,(H,19,20);5-6,8H,4,7,12H2,1-3H3. The number of phenolic OH excluding ortho intramolecular Hbond substituents is 2. The van der Waals surface area contributed by atoms with E-state index in [9.17, 15) is 34.5 Å². The number of carboxylic acids is 1. The van der Waals surface area contributed by atoms with Crippen molar-refractivity contribution in [2.45, 2.75) is 179 Å². The molecule has 2 heterocycles. The average Bonchev–Trinajstić information content (AvgIpc) is 1.59. The lowest BCUT2D eigenvalue weighted by molar-refractivity contribution is 0.0691. The molecule has 25 heteroatoms. The lowest BCUT2D eigenvalue weighted by atomic mass is 9.92. The number of rotatable bonds is 37. The Balaban J connectivity index is 0.000000197. The highest BCUT2D eigenvalue weighted by atomic mass is 16.5. The Kier molecular flexibility index (Phi) is 39.2. The molecule has 0 saturated carbocycles. The third-order valence-electron chi connectivity index (χ3n) is 23.3. The van der Waals surface area contributed by atoms with Crippen LogP contribution in [-0.4, -0.2) is 139 Å². The molecule has 25 nitrogen and oxygen atoms in total. The molecule has 7 N–H and O–H groups in total. The van der Waals surface area contributed by atoms with Gasteiger partial charge in [-0.15, -0.1) is 0 Å². The van der Waals surface area contributed by atoms with E-state index < -0.39 is 11.7 Å². The maximum absolute atomic E-state index is 13.6. The molecular weight excluding hydrogens is 1710 g/mol. The molecule has 0 atom stereocenters. The fourth-order valence-electron chi connectivity index (χ4n) is 16.2. The highest BCUT2D eigenvalue weighted by molar-refractivity contribution is 6.00. The summed E-state index contributed by atoms with van der Waals surface area (Å²) in [5, 5.41) is 43.7. The smallest absolute Gasteiger partial charge is 0.348 e. The number of carbonyl (C=O) groups is 2. The van der Waals surface area contributed by atoms with Crippen LogP contribution in [0.2, 0.25) is 0 Å². The molecular formula is C111H139N11O14. The van der Waals surface area contributed by atoms with Gasteiger partial charge in [0.25, 0.3) is 0 Å². The van der Waals surface area contributed by atoms with Crippen LogP contribution >= 0.6 is 0 Å². The van der Waals surface area contributed by atoms with Gasteiger partial charge in [-0.05, 0) is 241 Å². The van der Waals surface area contributed by atoms with Gasteiger partial charge in [0.05, 0.1) is 79.3 Å². The largest absolute Gasteiger partial charge is 0.508 e. The quantitative estimate of drug-likeness (QED) is 0.0156. The molecule has 0 fully saturated rings. The van der Waals surface area contributed by atoms with Crippen LogP contribution in [-0.2, 0) is 26.2 Å². The normalized spacial score (nSPS) is 10.9. The van der Waals surface area contributed by atoms with E-state index in [1.165, 1.54) is 21.8 Å². The number of nitrogen functional groups attached to an aromatic ring is 1. The van der Waals surface area contributed by atoms with Crippen molar-refractivity contribution >= 4 is 40.2 Å². The van der Waals surface area contributed by atoms with Crippen molar-refractivity contribution in [1.82, 2.24) is 29.5 Å². The molecule has 136 heavy (non-hydrogen) atoms. The van der Waals surface area contributed by atoms with Gasteiger partial charge in [0.15, 0.2) is 17.4 Å². The fourth-order valence-corrected chi connectivity index (χ4v) is 16.2. The van der Waals surface area contributed by atoms with E-state index in [1.54, 1.807) is 57.3 Å². The molecule has 0 aliphatic heterocycles. The molecule has 0 bridgehead atoms. The van der Waals surface area contributed by atoms with Crippen LogP contribution in [0.4, 0.5) is 28.4 Å². The molecule has 13 aromatic rings. The zero-order valence-corrected chi connectivity index (χ0v) is 83.5. The third-order valence-corrected chi connectivity index (χ3v) is 23.3. The first-order chi connectivity index (χ1) is 65.1. The minimum Gasteiger partial charge on any atom is -0.508 e. The topological polar surface area (TPSA) is 300 Å². The van der Waals surface area contributed by atoms with Gasteiger partial charge < -0.3 is 73.8 Å². The van der Waals surface area contributed by atoms with Crippen molar-refractivity contribution in [3.8, 4) is 85.9 Å².